The first-order valence-corrected chi connectivity index (χ1v) is 31.1. The van der Waals surface area contributed by atoms with E-state index in [-0.39, 0.29) is 18.5 Å². The third kappa shape index (κ3) is 55.5. The number of aliphatic hydroxyl groups is 2. The Bertz CT molecular complexity index is 1080. The molecule has 0 spiro atoms. The fourth-order valence-electron chi connectivity index (χ4n) is 9.68. The standard InChI is InChI=1S/C63H121NO5/c1-3-5-7-9-11-13-15-16-17-18-19-20-21-22-23-26-29-32-36-39-43-47-51-55-61(66)60(59-65)64-62(67)56-52-48-44-40-37-33-30-27-24-25-28-31-34-38-42-46-50-54-58-69-63(68)57-53-49-45-41-35-14-12-10-8-6-4-2/h10,12,51,55,60-61,65-66H,3-9,11,13-50,52-54,56-59H2,1-2H3,(H,64,67)/b12-10-,55-51+. The zero-order valence-electron chi connectivity index (χ0n) is 46.6. The van der Waals surface area contributed by atoms with E-state index in [0.717, 1.165) is 44.9 Å². The van der Waals surface area contributed by atoms with Crippen LogP contribution in [0.5, 0.6) is 0 Å². The highest BCUT2D eigenvalue weighted by molar-refractivity contribution is 5.76. The van der Waals surface area contributed by atoms with Gasteiger partial charge in [0.1, 0.15) is 0 Å². The number of amides is 1. The first-order chi connectivity index (χ1) is 34.0. The lowest BCUT2D eigenvalue weighted by molar-refractivity contribution is -0.143. The van der Waals surface area contributed by atoms with E-state index >= 15 is 0 Å². The number of ether oxygens (including phenoxy) is 1. The van der Waals surface area contributed by atoms with Gasteiger partial charge >= 0.3 is 5.97 Å². The molecule has 2 atom stereocenters. The summed E-state index contributed by atoms with van der Waals surface area (Å²) < 4.78 is 5.46. The van der Waals surface area contributed by atoms with Gasteiger partial charge in [0.05, 0.1) is 25.4 Å². The van der Waals surface area contributed by atoms with Crippen LogP contribution in [0, 0.1) is 0 Å². The molecular formula is C63H121NO5. The molecule has 0 bridgehead atoms. The summed E-state index contributed by atoms with van der Waals surface area (Å²) in [4.78, 5) is 24.5. The molecule has 0 saturated heterocycles. The number of allylic oxidation sites excluding steroid dienone is 3. The van der Waals surface area contributed by atoms with Gasteiger partial charge in [-0.1, -0.05) is 301 Å². The summed E-state index contributed by atoms with van der Waals surface area (Å²) in [6, 6.07) is -0.632. The smallest absolute Gasteiger partial charge is 0.305 e. The van der Waals surface area contributed by atoms with Crippen LogP contribution >= 0.6 is 0 Å². The molecule has 0 rings (SSSR count). The van der Waals surface area contributed by atoms with Crippen molar-refractivity contribution in [1.29, 1.82) is 0 Å². The average Bonchev–Trinajstić information content (AvgIpc) is 3.35. The summed E-state index contributed by atoms with van der Waals surface area (Å²) in [5.41, 5.74) is 0. The molecule has 0 aromatic heterocycles. The number of unbranched alkanes of at least 4 members (excludes halogenated alkanes) is 45. The average molecular weight is 973 g/mol. The number of hydrogen-bond acceptors (Lipinski definition) is 5. The SMILES string of the molecule is CCCC/C=C\CCCCCCCC(=O)OCCCCCCCCCCCCCCCCCCCCC(=O)NC(CO)C(O)/C=C/CCCCCCCCCCCCCCCCCCCCCCC. The van der Waals surface area contributed by atoms with E-state index in [4.69, 9.17) is 4.74 Å². The lowest BCUT2D eigenvalue weighted by Crippen LogP contribution is -2.45. The molecule has 3 N–H and O–H groups in total. The van der Waals surface area contributed by atoms with E-state index in [1.54, 1.807) is 6.08 Å². The second kappa shape index (κ2) is 58.9. The van der Waals surface area contributed by atoms with Crippen molar-refractivity contribution in [1.82, 2.24) is 5.32 Å². The summed E-state index contributed by atoms with van der Waals surface area (Å²) in [6.07, 6.45) is 72.2. The summed E-state index contributed by atoms with van der Waals surface area (Å²) in [5.74, 6) is -0.0729. The van der Waals surface area contributed by atoms with Gasteiger partial charge in [-0.2, -0.15) is 0 Å². The van der Waals surface area contributed by atoms with Crippen LogP contribution in [0.15, 0.2) is 24.3 Å². The summed E-state index contributed by atoms with van der Waals surface area (Å²) in [6.45, 7) is 4.88. The second-order valence-electron chi connectivity index (χ2n) is 21.4. The summed E-state index contributed by atoms with van der Waals surface area (Å²) in [7, 11) is 0. The fourth-order valence-corrected chi connectivity index (χ4v) is 9.68. The van der Waals surface area contributed by atoms with Crippen molar-refractivity contribution in [3.05, 3.63) is 24.3 Å². The molecule has 0 aliphatic rings. The number of esters is 1. The summed E-state index contributed by atoms with van der Waals surface area (Å²) >= 11 is 0. The third-order valence-electron chi connectivity index (χ3n) is 14.5. The Kier molecular flexibility index (Phi) is 57.5. The van der Waals surface area contributed by atoms with Crippen LogP contribution in [0.1, 0.15) is 341 Å². The van der Waals surface area contributed by atoms with Crippen molar-refractivity contribution in [2.75, 3.05) is 13.2 Å². The zero-order chi connectivity index (χ0) is 50.0. The second-order valence-corrected chi connectivity index (χ2v) is 21.4. The number of hydrogen-bond donors (Lipinski definition) is 3. The predicted molar refractivity (Wildman–Crippen MR) is 301 cm³/mol. The van der Waals surface area contributed by atoms with Crippen molar-refractivity contribution >= 4 is 11.9 Å². The Balaban J connectivity index is 3.45. The van der Waals surface area contributed by atoms with Gasteiger partial charge in [-0.05, 0) is 51.4 Å². The normalized spacial score (nSPS) is 12.7. The first kappa shape index (κ1) is 67.3. The topological polar surface area (TPSA) is 95.9 Å². The Morgan fingerprint density at radius 1 is 0.391 bits per heavy atom. The fraction of sp³-hybridized carbons (Fsp3) is 0.905. The molecule has 0 radical (unpaired) electrons. The minimum atomic E-state index is -0.848. The van der Waals surface area contributed by atoms with Crippen LogP contribution in [0.25, 0.3) is 0 Å². The number of carbonyl (C=O) groups is 2. The molecule has 0 saturated carbocycles. The molecular weight excluding hydrogens is 851 g/mol. The molecule has 1 amide bonds. The Morgan fingerprint density at radius 3 is 1.07 bits per heavy atom. The molecule has 6 heteroatoms. The van der Waals surface area contributed by atoms with Crippen LogP contribution in [0.3, 0.4) is 0 Å². The summed E-state index contributed by atoms with van der Waals surface area (Å²) in [5, 5.41) is 23.2. The van der Waals surface area contributed by atoms with Gasteiger partial charge in [-0.25, -0.2) is 0 Å². The highest BCUT2D eigenvalue weighted by Crippen LogP contribution is 2.18. The minimum absolute atomic E-state index is 0.00409. The van der Waals surface area contributed by atoms with Crippen LogP contribution in [0.4, 0.5) is 0 Å². The molecule has 0 aromatic rings. The molecule has 0 aromatic carbocycles. The van der Waals surface area contributed by atoms with Crippen molar-refractivity contribution in [3.63, 3.8) is 0 Å². The largest absolute Gasteiger partial charge is 0.466 e. The van der Waals surface area contributed by atoms with Crippen molar-refractivity contribution < 1.29 is 24.5 Å². The van der Waals surface area contributed by atoms with Crippen LogP contribution in [0.2, 0.25) is 0 Å². The van der Waals surface area contributed by atoms with Gasteiger partial charge in [0.2, 0.25) is 5.91 Å². The lowest BCUT2D eigenvalue weighted by Gasteiger charge is -2.20. The quantitative estimate of drug-likeness (QED) is 0.0321. The van der Waals surface area contributed by atoms with E-state index < -0.39 is 12.1 Å². The first-order valence-electron chi connectivity index (χ1n) is 31.1. The van der Waals surface area contributed by atoms with E-state index in [0.29, 0.717) is 19.4 Å². The monoisotopic (exact) mass is 972 g/mol. The molecule has 69 heavy (non-hydrogen) atoms. The maximum Gasteiger partial charge on any atom is 0.305 e. The molecule has 2 unspecified atom stereocenters. The van der Waals surface area contributed by atoms with Crippen LogP contribution in [-0.4, -0.2) is 47.4 Å². The lowest BCUT2D eigenvalue weighted by atomic mass is 10.0. The van der Waals surface area contributed by atoms with E-state index in [1.807, 2.05) is 6.08 Å². The van der Waals surface area contributed by atoms with Gasteiger partial charge in [0.15, 0.2) is 0 Å². The molecule has 0 aliphatic heterocycles. The Labute approximate surface area is 431 Å². The third-order valence-corrected chi connectivity index (χ3v) is 14.5. The number of carbonyl (C=O) groups excluding carboxylic acids is 2. The molecule has 0 fully saturated rings. The Hall–Kier alpha value is -1.66. The molecule has 408 valence electrons. The number of aliphatic hydroxyl groups excluding tert-OH is 2. The maximum atomic E-state index is 12.5. The maximum absolute atomic E-state index is 12.5. The predicted octanol–water partition coefficient (Wildman–Crippen LogP) is 19.4. The molecule has 0 aliphatic carbocycles. The minimum Gasteiger partial charge on any atom is -0.466 e. The number of nitrogens with one attached hydrogen (secondary N) is 1. The highest BCUT2D eigenvalue weighted by Gasteiger charge is 2.18. The molecule has 0 heterocycles. The number of rotatable bonds is 58. The van der Waals surface area contributed by atoms with E-state index in [9.17, 15) is 19.8 Å². The van der Waals surface area contributed by atoms with Crippen LogP contribution < -0.4 is 5.32 Å². The van der Waals surface area contributed by atoms with Gasteiger partial charge in [-0.15, -0.1) is 0 Å². The van der Waals surface area contributed by atoms with Gasteiger partial charge < -0.3 is 20.3 Å². The van der Waals surface area contributed by atoms with E-state index in [2.05, 4.69) is 31.3 Å². The van der Waals surface area contributed by atoms with Crippen molar-refractivity contribution in [2.45, 2.75) is 353 Å². The molecule has 6 nitrogen and oxygen atoms in total. The van der Waals surface area contributed by atoms with Crippen LogP contribution in [-0.2, 0) is 14.3 Å². The zero-order valence-corrected chi connectivity index (χ0v) is 46.6. The van der Waals surface area contributed by atoms with Gasteiger partial charge in [0, 0.05) is 12.8 Å². The van der Waals surface area contributed by atoms with Gasteiger partial charge in [0.25, 0.3) is 0 Å². The van der Waals surface area contributed by atoms with Gasteiger partial charge in [-0.3, -0.25) is 9.59 Å². The van der Waals surface area contributed by atoms with Crippen molar-refractivity contribution in [2.24, 2.45) is 0 Å². The Morgan fingerprint density at radius 2 is 0.696 bits per heavy atom. The highest BCUT2D eigenvalue weighted by atomic mass is 16.5. The van der Waals surface area contributed by atoms with E-state index in [1.165, 1.54) is 270 Å². The van der Waals surface area contributed by atoms with Crippen molar-refractivity contribution in [3.8, 4) is 0 Å².